The second kappa shape index (κ2) is 8.33. The molecule has 0 saturated carbocycles. The number of rotatable bonds is 3. The highest BCUT2D eigenvalue weighted by atomic mass is 19.4. The predicted octanol–water partition coefficient (Wildman–Crippen LogP) is 4.37. The van der Waals surface area contributed by atoms with Crippen LogP contribution >= 0.6 is 0 Å². The SMILES string of the molecule is CC(=O)c1ccc2c(c1)C(N(C)C=O)CC2.Cc1cccnc1C(F)(F)F. The Balaban J connectivity index is 0.000000208. The molecule has 0 radical (unpaired) electrons. The van der Waals surface area contributed by atoms with Gasteiger partial charge in [0.05, 0.1) is 6.04 Å². The molecule has 7 heteroatoms. The van der Waals surface area contributed by atoms with Crippen LogP contribution in [0, 0.1) is 6.92 Å². The van der Waals surface area contributed by atoms with E-state index in [0.29, 0.717) is 0 Å². The van der Waals surface area contributed by atoms with Gasteiger partial charge in [0.2, 0.25) is 6.41 Å². The number of ketones is 1. The molecule has 1 heterocycles. The quantitative estimate of drug-likeness (QED) is 0.589. The van der Waals surface area contributed by atoms with Crippen molar-refractivity contribution < 1.29 is 22.8 Å². The number of hydrogen-bond acceptors (Lipinski definition) is 3. The Morgan fingerprint density at radius 2 is 2.00 bits per heavy atom. The third-order valence-corrected chi connectivity index (χ3v) is 4.53. The van der Waals surface area contributed by atoms with Crippen LogP contribution in [0.2, 0.25) is 0 Å². The molecule has 2 aromatic rings. The highest BCUT2D eigenvalue weighted by molar-refractivity contribution is 5.94. The normalized spacial score (nSPS) is 15.4. The average Bonchev–Trinajstić information content (AvgIpc) is 3.04. The van der Waals surface area contributed by atoms with Crippen molar-refractivity contribution in [3.63, 3.8) is 0 Å². The zero-order chi connectivity index (χ0) is 20.2. The van der Waals surface area contributed by atoms with E-state index in [1.165, 1.54) is 24.6 Å². The van der Waals surface area contributed by atoms with Gasteiger partial charge in [-0.3, -0.25) is 14.6 Å². The largest absolute Gasteiger partial charge is 0.433 e. The maximum atomic E-state index is 12.0. The van der Waals surface area contributed by atoms with Gasteiger partial charge in [-0.2, -0.15) is 13.2 Å². The molecule has 1 aromatic carbocycles. The predicted molar refractivity (Wildman–Crippen MR) is 95.3 cm³/mol. The zero-order valence-electron chi connectivity index (χ0n) is 15.4. The third-order valence-electron chi connectivity index (χ3n) is 4.53. The number of fused-ring (bicyclic) bond motifs is 1. The molecule has 1 unspecified atom stereocenters. The van der Waals surface area contributed by atoms with Gasteiger partial charge in [-0.05, 0) is 55.5 Å². The van der Waals surface area contributed by atoms with Crippen molar-refractivity contribution >= 4 is 12.2 Å². The topological polar surface area (TPSA) is 50.3 Å². The number of amides is 1. The van der Waals surface area contributed by atoms with Crippen LogP contribution in [-0.2, 0) is 17.4 Å². The Labute approximate surface area is 156 Å². The van der Waals surface area contributed by atoms with Gasteiger partial charge in [-0.25, -0.2) is 0 Å². The van der Waals surface area contributed by atoms with Crippen molar-refractivity contribution in [3.8, 4) is 0 Å². The molecule has 4 nitrogen and oxygen atoms in total. The lowest BCUT2D eigenvalue weighted by Crippen LogP contribution is -2.21. The number of nitrogens with zero attached hydrogens (tertiary/aromatic N) is 2. The summed E-state index contributed by atoms with van der Waals surface area (Å²) in [6.07, 6.45) is -0.413. The molecule has 0 aliphatic heterocycles. The minimum absolute atomic E-state index is 0.0715. The van der Waals surface area contributed by atoms with Gasteiger partial charge in [0.1, 0.15) is 5.69 Å². The molecule has 0 saturated heterocycles. The monoisotopic (exact) mass is 378 g/mol. The van der Waals surface area contributed by atoms with Crippen LogP contribution in [0.3, 0.4) is 0 Å². The van der Waals surface area contributed by atoms with Crippen LogP contribution in [0.25, 0.3) is 0 Å². The summed E-state index contributed by atoms with van der Waals surface area (Å²) in [7, 11) is 1.78. The van der Waals surface area contributed by atoms with Crippen LogP contribution in [0.5, 0.6) is 0 Å². The average molecular weight is 378 g/mol. The molecule has 1 aliphatic carbocycles. The Morgan fingerprint density at radius 3 is 2.52 bits per heavy atom. The zero-order valence-corrected chi connectivity index (χ0v) is 15.4. The standard InChI is InChI=1S/C13H15NO2.C7H6F3N/c1-9(16)11-4-3-10-5-6-13(12(10)7-11)14(2)8-15;1-5-3-2-4-11-6(5)7(8,9)10/h3-4,7-8,13H,5-6H2,1-2H3;2-4H,1H3. The van der Waals surface area contributed by atoms with Crippen molar-refractivity contribution in [1.29, 1.82) is 0 Å². The maximum absolute atomic E-state index is 12.0. The van der Waals surface area contributed by atoms with Gasteiger partial charge < -0.3 is 4.90 Å². The number of aromatic nitrogens is 1. The van der Waals surface area contributed by atoms with E-state index in [9.17, 15) is 22.8 Å². The molecule has 1 aromatic heterocycles. The molecular formula is C20H21F3N2O2. The fraction of sp³-hybridized carbons (Fsp3) is 0.350. The van der Waals surface area contributed by atoms with Crippen LogP contribution < -0.4 is 0 Å². The molecule has 0 bridgehead atoms. The van der Waals surface area contributed by atoms with Crippen molar-refractivity contribution in [2.75, 3.05) is 7.05 Å². The van der Waals surface area contributed by atoms with Crippen LogP contribution in [-0.4, -0.2) is 29.1 Å². The second-order valence-corrected chi connectivity index (χ2v) is 6.46. The van der Waals surface area contributed by atoms with Crippen molar-refractivity contribution in [2.45, 2.75) is 38.9 Å². The fourth-order valence-corrected chi connectivity index (χ4v) is 3.08. The summed E-state index contributed by atoms with van der Waals surface area (Å²) < 4.78 is 36.0. The summed E-state index contributed by atoms with van der Waals surface area (Å²) in [6.45, 7) is 2.95. The lowest BCUT2D eigenvalue weighted by molar-refractivity contribution is -0.141. The molecule has 27 heavy (non-hydrogen) atoms. The lowest BCUT2D eigenvalue weighted by Gasteiger charge is -2.20. The number of benzene rings is 1. The Morgan fingerprint density at radius 1 is 1.30 bits per heavy atom. The molecule has 1 amide bonds. The first-order valence-corrected chi connectivity index (χ1v) is 8.45. The van der Waals surface area contributed by atoms with Gasteiger partial charge in [0.15, 0.2) is 5.78 Å². The van der Waals surface area contributed by atoms with Crippen molar-refractivity contribution in [2.24, 2.45) is 0 Å². The summed E-state index contributed by atoms with van der Waals surface area (Å²) in [4.78, 5) is 27.0. The molecular weight excluding hydrogens is 357 g/mol. The molecule has 0 N–H and O–H groups in total. The fourth-order valence-electron chi connectivity index (χ4n) is 3.08. The number of aryl methyl sites for hydroxylation is 2. The second-order valence-electron chi connectivity index (χ2n) is 6.46. The summed E-state index contributed by atoms with van der Waals surface area (Å²) >= 11 is 0. The van der Waals surface area contributed by atoms with Gasteiger partial charge >= 0.3 is 6.18 Å². The van der Waals surface area contributed by atoms with Crippen LogP contribution in [0.1, 0.15) is 52.1 Å². The first kappa shape index (κ1) is 20.6. The van der Waals surface area contributed by atoms with E-state index in [2.05, 4.69) is 4.98 Å². The number of carbonyl (C=O) groups excluding carboxylic acids is 2. The Bertz CT molecular complexity index is 834. The number of carbonyl (C=O) groups is 2. The van der Waals surface area contributed by atoms with Crippen LogP contribution in [0.4, 0.5) is 13.2 Å². The Hall–Kier alpha value is -2.70. The summed E-state index contributed by atoms with van der Waals surface area (Å²) in [5.41, 5.74) is 2.45. The van der Waals surface area contributed by atoms with Gasteiger partial charge in [0.25, 0.3) is 0 Å². The minimum Gasteiger partial charge on any atom is -0.341 e. The molecule has 0 spiro atoms. The highest BCUT2D eigenvalue weighted by Crippen LogP contribution is 2.35. The molecule has 144 valence electrons. The number of pyridine rings is 1. The lowest BCUT2D eigenvalue weighted by atomic mass is 10.0. The number of hydrogen-bond donors (Lipinski definition) is 0. The van der Waals surface area contributed by atoms with Gasteiger partial charge in [-0.15, -0.1) is 0 Å². The molecule has 1 atom stereocenters. The van der Waals surface area contributed by atoms with E-state index in [1.54, 1.807) is 18.9 Å². The van der Waals surface area contributed by atoms with E-state index in [0.717, 1.165) is 36.6 Å². The molecule has 0 fully saturated rings. The maximum Gasteiger partial charge on any atom is 0.433 e. The van der Waals surface area contributed by atoms with E-state index in [1.807, 2.05) is 18.2 Å². The molecule has 1 aliphatic rings. The van der Waals surface area contributed by atoms with Gasteiger partial charge in [-0.1, -0.05) is 18.2 Å². The summed E-state index contributed by atoms with van der Waals surface area (Å²) in [5.74, 6) is 0.0715. The van der Waals surface area contributed by atoms with E-state index >= 15 is 0 Å². The van der Waals surface area contributed by atoms with Crippen molar-refractivity contribution in [3.05, 3.63) is 64.5 Å². The van der Waals surface area contributed by atoms with Crippen molar-refractivity contribution in [1.82, 2.24) is 9.88 Å². The van der Waals surface area contributed by atoms with E-state index in [4.69, 9.17) is 0 Å². The minimum atomic E-state index is -4.33. The van der Waals surface area contributed by atoms with E-state index < -0.39 is 11.9 Å². The smallest absolute Gasteiger partial charge is 0.341 e. The molecule has 3 rings (SSSR count). The van der Waals surface area contributed by atoms with E-state index in [-0.39, 0.29) is 17.4 Å². The van der Waals surface area contributed by atoms with Gasteiger partial charge in [0, 0.05) is 18.8 Å². The highest BCUT2D eigenvalue weighted by Gasteiger charge is 2.33. The van der Waals surface area contributed by atoms with Crippen LogP contribution in [0.15, 0.2) is 36.5 Å². The first-order chi connectivity index (χ1) is 12.6. The Kier molecular flexibility index (Phi) is 6.36. The first-order valence-electron chi connectivity index (χ1n) is 8.45. The number of halogens is 3. The third kappa shape index (κ3) is 4.93. The summed E-state index contributed by atoms with van der Waals surface area (Å²) in [6, 6.07) is 8.79. The number of Topliss-reactive ketones (excluding diaryl/α,β-unsaturated/α-hetero) is 1. The summed E-state index contributed by atoms with van der Waals surface area (Å²) in [5, 5.41) is 0. The number of alkyl halides is 3.